The molecule has 0 atom stereocenters. The smallest absolute Gasteiger partial charge is 0.227 e. The third-order valence-electron chi connectivity index (χ3n) is 3.12. The van der Waals surface area contributed by atoms with Crippen LogP contribution in [0.1, 0.15) is 16.7 Å². The number of thioether (sulfide) groups is 1. The van der Waals surface area contributed by atoms with Crippen LogP contribution in [0.4, 0.5) is 0 Å². The molecule has 0 unspecified atom stereocenters. The maximum atomic E-state index is 10.7. The molecule has 1 heterocycles. The first-order valence-corrected chi connectivity index (χ1v) is 7.29. The molecule has 0 aliphatic rings. The Morgan fingerprint density at radius 1 is 1.10 bits per heavy atom. The van der Waals surface area contributed by atoms with Crippen LogP contribution in [0.25, 0.3) is 11.3 Å². The summed E-state index contributed by atoms with van der Waals surface area (Å²) in [6, 6.07) is 8.07. The molecule has 0 saturated heterocycles. The first-order valence-electron chi connectivity index (χ1n) is 6.30. The van der Waals surface area contributed by atoms with E-state index in [1.807, 2.05) is 12.1 Å². The lowest BCUT2D eigenvalue weighted by atomic mass is 9.99. The number of benzene rings is 1. The third kappa shape index (κ3) is 3.36. The van der Waals surface area contributed by atoms with Crippen molar-refractivity contribution in [3.05, 3.63) is 41.0 Å². The fourth-order valence-corrected chi connectivity index (χ4v) is 2.48. The van der Waals surface area contributed by atoms with Crippen LogP contribution in [0, 0.1) is 20.8 Å². The lowest BCUT2D eigenvalue weighted by molar-refractivity contribution is -0.115. The summed E-state index contributed by atoms with van der Waals surface area (Å²) in [6.07, 6.45) is 0. The Morgan fingerprint density at radius 3 is 2.40 bits per heavy atom. The maximum Gasteiger partial charge on any atom is 0.227 e. The average molecular weight is 287 g/mol. The van der Waals surface area contributed by atoms with Crippen LogP contribution in [0.2, 0.25) is 0 Å². The highest BCUT2D eigenvalue weighted by atomic mass is 32.2. The highest BCUT2D eigenvalue weighted by molar-refractivity contribution is 7.99. The van der Waals surface area contributed by atoms with Gasteiger partial charge in [-0.2, -0.15) is 0 Å². The van der Waals surface area contributed by atoms with Crippen molar-refractivity contribution in [2.45, 2.75) is 25.8 Å². The van der Waals surface area contributed by atoms with E-state index >= 15 is 0 Å². The molecule has 0 spiro atoms. The minimum absolute atomic E-state index is 0.219. The van der Waals surface area contributed by atoms with Gasteiger partial charge in [0.15, 0.2) is 0 Å². The molecule has 0 aliphatic heterocycles. The van der Waals surface area contributed by atoms with Crippen LogP contribution in [0.5, 0.6) is 0 Å². The number of hydrogen-bond acceptors (Lipinski definition) is 4. The van der Waals surface area contributed by atoms with Gasteiger partial charge in [-0.15, -0.1) is 10.2 Å². The lowest BCUT2D eigenvalue weighted by Crippen LogP contribution is -2.13. The summed E-state index contributed by atoms with van der Waals surface area (Å²) in [5.74, 6) is -0.137. The van der Waals surface area contributed by atoms with E-state index in [-0.39, 0.29) is 11.7 Å². The van der Waals surface area contributed by atoms with Crippen molar-refractivity contribution < 1.29 is 4.79 Å². The van der Waals surface area contributed by atoms with Gasteiger partial charge in [0.05, 0.1) is 11.4 Å². The molecule has 0 bridgehead atoms. The van der Waals surface area contributed by atoms with E-state index in [2.05, 4.69) is 43.1 Å². The highest BCUT2D eigenvalue weighted by Gasteiger charge is 2.07. The van der Waals surface area contributed by atoms with Crippen LogP contribution in [-0.4, -0.2) is 21.9 Å². The summed E-state index contributed by atoms with van der Waals surface area (Å²) in [7, 11) is 0. The predicted molar refractivity (Wildman–Crippen MR) is 81.6 cm³/mol. The number of hydrogen-bond donors (Lipinski definition) is 1. The molecule has 0 fully saturated rings. The second-order valence-electron chi connectivity index (χ2n) is 4.76. The van der Waals surface area contributed by atoms with E-state index in [0.29, 0.717) is 5.03 Å². The van der Waals surface area contributed by atoms with E-state index in [9.17, 15) is 4.79 Å². The second-order valence-corrected chi connectivity index (χ2v) is 5.76. The Bertz CT molecular complexity index is 638. The molecule has 2 rings (SSSR count). The minimum atomic E-state index is -0.356. The van der Waals surface area contributed by atoms with Gasteiger partial charge in [0.25, 0.3) is 0 Å². The molecule has 0 aliphatic carbocycles. The van der Waals surface area contributed by atoms with Crippen LogP contribution in [0.3, 0.4) is 0 Å². The van der Waals surface area contributed by atoms with Crippen molar-refractivity contribution in [3.8, 4) is 11.3 Å². The van der Waals surface area contributed by atoms with Gasteiger partial charge in [-0.25, -0.2) is 0 Å². The van der Waals surface area contributed by atoms with Gasteiger partial charge < -0.3 is 5.73 Å². The maximum absolute atomic E-state index is 10.7. The highest BCUT2D eigenvalue weighted by Crippen LogP contribution is 2.25. The van der Waals surface area contributed by atoms with Gasteiger partial charge in [-0.05, 0) is 55.7 Å². The number of rotatable bonds is 4. The monoisotopic (exact) mass is 287 g/mol. The van der Waals surface area contributed by atoms with Gasteiger partial charge in [0.1, 0.15) is 5.03 Å². The van der Waals surface area contributed by atoms with E-state index in [1.165, 1.54) is 28.5 Å². The molecule has 1 amide bonds. The van der Waals surface area contributed by atoms with E-state index in [4.69, 9.17) is 5.73 Å². The van der Waals surface area contributed by atoms with Crippen molar-refractivity contribution >= 4 is 17.7 Å². The summed E-state index contributed by atoms with van der Waals surface area (Å²) in [6.45, 7) is 6.25. The van der Waals surface area contributed by atoms with E-state index in [1.54, 1.807) is 0 Å². The molecule has 5 heteroatoms. The average Bonchev–Trinajstić information content (AvgIpc) is 2.41. The Morgan fingerprint density at radius 2 is 1.80 bits per heavy atom. The van der Waals surface area contributed by atoms with Crippen LogP contribution in [-0.2, 0) is 4.79 Å². The zero-order chi connectivity index (χ0) is 14.7. The van der Waals surface area contributed by atoms with Crippen molar-refractivity contribution in [3.63, 3.8) is 0 Å². The van der Waals surface area contributed by atoms with Crippen molar-refractivity contribution in [1.82, 2.24) is 10.2 Å². The SMILES string of the molecule is Cc1cc(C)c(-c2ccc(SCC(N)=O)nn2)cc1C. The number of primary amides is 1. The fraction of sp³-hybridized carbons (Fsp3) is 0.267. The zero-order valence-electron chi connectivity index (χ0n) is 11.8. The topological polar surface area (TPSA) is 68.9 Å². The number of nitrogens with two attached hydrogens (primary N) is 1. The number of aryl methyl sites for hydroxylation is 3. The van der Waals surface area contributed by atoms with Crippen LogP contribution < -0.4 is 5.73 Å². The minimum Gasteiger partial charge on any atom is -0.369 e. The van der Waals surface area contributed by atoms with Crippen molar-refractivity contribution in [1.29, 1.82) is 0 Å². The third-order valence-corrected chi connectivity index (χ3v) is 4.06. The molecule has 0 radical (unpaired) electrons. The Balaban J connectivity index is 2.26. The first kappa shape index (κ1) is 14.5. The number of nitrogens with zero attached hydrogens (tertiary/aromatic N) is 2. The molecule has 1 aromatic heterocycles. The zero-order valence-corrected chi connectivity index (χ0v) is 12.6. The number of carbonyl (C=O) groups is 1. The second kappa shape index (κ2) is 6.05. The van der Waals surface area contributed by atoms with Gasteiger partial charge in [0, 0.05) is 5.56 Å². The molecule has 2 N–H and O–H groups in total. The largest absolute Gasteiger partial charge is 0.369 e. The summed E-state index contributed by atoms with van der Waals surface area (Å²) in [5.41, 5.74) is 10.7. The predicted octanol–water partition coefficient (Wildman–Crippen LogP) is 2.65. The van der Waals surface area contributed by atoms with E-state index in [0.717, 1.165) is 11.3 Å². The number of carbonyl (C=O) groups excluding carboxylic acids is 1. The Hall–Kier alpha value is -1.88. The number of aromatic nitrogens is 2. The fourth-order valence-electron chi connectivity index (χ4n) is 1.92. The first-order chi connectivity index (χ1) is 9.47. The van der Waals surface area contributed by atoms with Gasteiger partial charge in [0.2, 0.25) is 5.91 Å². The van der Waals surface area contributed by atoms with Gasteiger partial charge in [-0.3, -0.25) is 4.79 Å². The summed E-state index contributed by atoms with van der Waals surface area (Å²) >= 11 is 1.29. The molecule has 104 valence electrons. The molecule has 0 saturated carbocycles. The molecule has 4 nitrogen and oxygen atoms in total. The van der Waals surface area contributed by atoms with Crippen LogP contribution in [0.15, 0.2) is 29.3 Å². The molecule has 2 aromatic rings. The molecular formula is C15H17N3OS. The number of amides is 1. The van der Waals surface area contributed by atoms with Gasteiger partial charge >= 0.3 is 0 Å². The Labute approximate surface area is 122 Å². The standard InChI is InChI=1S/C15H17N3OS/c1-9-6-11(3)12(7-10(9)2)13-4-5-15(18-17-13)20-8-14(16)19/h4-7H,8H2,1-3H3,(H2,16,19). The van der Waals surface area contributed by atoms with Crippen molar-refractivity contribution in [2.75, 3.05) is 5.75 Å². The quantitative estimate of drug-likeness (QED) is 0.878. The molecule has 1 aromatic carbocycles. The molecular weight excluding hydrogens is 270 g/mol. The van der Waals surface area contributed by atoms with E-state index < -0.39 is 0 Å². The molecule has 20 heavy (non-hydrogen) atoms. The van der Waals surface area contributed by atoms with Crippen LogP contribution >= 0.6 is 11.8 Å². The Kier molecular flexibility index (Phi) is 4.39. The van der Waals surface area contributed by atoms with Crippen molar-refractivity contribution in [2.24, 2.45) is 5.73 Å². The summed E-state index contributed by atoms with van der Waals surface area (Å²) < 4.78 is 0. The summed E-state index contributed by atoms with van der Waals surface area (Å²) in [4.78, 5) is 10.7. The lowest BCUT2D eigenvalue weighted by Gasteiger charge is -2.09. The normalized spacial score (nSPS) is 10.6. The van der Waals surface area contributed by atoms with Gasteiger partial charge in [-0.1, -0.05) is 17.8 Å². The summed E-state index contributed by atoms with van der Waals surface area (Å²) in [5, 5.41) is 9.06.